The molecule has 0 radical (unpaired) electrons. The zero-order valence-electron chi connectivity index (χ0n) is 21.5. The third-order valence-corrected chi connectivity index (χ3v) is 6.78. The number of aliphatic hydroxyl groups excluding tert-OH is 1. The Kier molecular flexibility index (Phi) is 7.88. The standard InChI is InChI=1S/C29H32FN3O4/c1-18-8-10-21(11-9-18)23-13-25-27(31-14-23)37-26(19(2)15-33(29(25)36)20(3)17-34)16-32(4)28(35)22-6-5-7-24(30)12-22/h5-14,19-20,26,34H,15-17H2,1-4H3/t19-,20+,26-/m1/s1. The molecule has 7 nitrogen and oxygen atoms in total. The molecule has 0 unspecified atom stereocenters. The Morgan fingerprint density at radius 1 is 1.22 bits per heavy atom. The number of rotatable bonds is 6. The van der Waals surface area contributed by atoms with E-state index in [0.717, 1.165) is 16.7 Å². The second-order valence-electron chi connectivity index (χ2n) is 9.76. The maximum atomic E-state index is 13.7. The summed E-state index contributed by atoms with van der Waals surface area (Å²) in [6.07, 6.45) is 1.17. The Morgan fingerprint density at radius 3 is 2.62 bits per heavy atom. The van der Waals surface area contributed by atoms with Crippen LogP contribution >= 0.6 is 0 Å². The number of pyridine rings is 1. The number of nitrogens with zero attached hydrogens (tertiary/aromatic N) is 3. The van der Waals surface area contributed by atoms with Gasteiger partial charge in [-0.1, -0.05) is 42.8 Å². The molecule has 0 saturated heterocycles. The van der Waals surface area contributed by atoms with Crippen molar-refractivity contribution in [1.29, 1.82) is 0 Å². The van der Waals surface area contributed by atoms with Gasteiger partial charge in [0.15, 0.2) is 0 Å². The third kappa shape index (κ3) is 5.80. The van der Waals surface area contributed by atoms with Gasteiger partial charge >= 0.3 is 0 Å². The first-order valence-corrected chi connectivity index (χ1v) is 12.3. The predicted molar refractivity (Wildman–Crippen MR) is 139 cm³/mol. The van der Waals surface area contributed by atoms with Crippen LogP contribution in [0.15, 0.2) is 60.8 Å². The van der Waals surface area contributed by atoms with Crippen LogP contribution in [0.4, 0.5) is 4.39 Å². The molecule has 1 aromatic heterocycles. The van der Waals surface area contributed by atoms with E-state index in [9.17, 15) is 19.1 Å². The smallest absolute Gasteiger partial charge is 0.259 e. The van der Waals surface area contributed by atoms with Crippen LogP contribution in [0, 0.1) is 18.7 Å². The van der Waals surface area contributed by atoms with E-state index in [0.29, 0.717) is 12.1 Å². The van der Waals surface area contributed by atoms with Crippen molar-refractivity contribution in [2.75, 3.05) is 26.7 Å². The van der Waals surface area contributed by atoms with Crippen LogP contribution in [-0.2, 0) is 0 Å². The lowest BCUT2D eigenvalue weighted by molar-refractivity contribution is 0.0313. The van der Waals surface area contributed by atoms with Crippen LogP contribution in [0.3, 0.4) is 0 Å². The van der Waals surface area contributed by atoms with E-state index in [4.69, 9.17) is 4.74 Å². The van der Waals surface area contributed by atoms with Crippen molar-refractivity contribution in [2.24, 2.45) is 5.92 Å². The highest BCUT2D eigenvalue weighted by atomic mass is 19.1. The highest BCUT2D eigenvalue weighted by Gasteiger charge is 2.35. The van der Waals surface area contributed by atoms with E-state index in [2.05, 4.69) is 4.98 Å². The number of carbonyl (C=O) groups excluding carboxylic acids is 2. The van der Waals surface area contributed by atoms with Gasteiger partial charge < -0.3 is 19.6 Å². The molecule has 2 heterocycles. The number of benzene rings is 2. The van der Waals surface area contributed by atoms with Crippen LogP contribution in [-0.4, -0.2) is 70.6 Å². The predicted octanol–water partition coefficient (Wildman–Crippen LogP) is 4.19. The summed E-state index contributed by atoms with van der Waals surface area (Å²) in [6.45, 7) is 6.06. The maximum absolute atomic E-state index is 13.7. The number of aliphatic hydroxyl groups is 1. The largest absolute Gasteiger partial charge is 0.472 e. The molecular formula is C29H32FN3O4. The minimum absolute atomic E-state index is 0.180. The second-order valence-corrected chi connectivity index (χ2v) is 9.76. The lowest BCUT2D eigenvalue weighted by atomic mass is 9.98. The highest BCUT2D eigenvalue weighted by Crippen LogP contribution is 2.30. The molecule has 0 fully saturated rings. The van der Waals surface area contributed by atoms with E-state index < -0.39 is 18.0 Å². The SMILES string of the molecule is Cc1ccc(-c2cnc3c(c2)C(=O)N([C@@H](C)CO)C[C@@H](C)[C@@H](CN(C)C(=O)c2cccc(F)c2)O3)cc1. The fourth-order valence-electron chi connectivity index (χ4n) is 4.42. The van der Waals surface area contributed by atoms with Crippen LogP contribution in [0.2, 0.25) is 0 Å². The number of hydrogen-bond acceptors (Lipinski definition) is 5. The number of aromatic nitrogens is 1. The lowest BCUT2D eigenvalue weighted by Gasteiger charge is -2.37. The van der Waals surface area contributed by atoms with Crippen LogP contribution < -0.4 is 4.74 Å². The molecule has 0 bridgehead atoms. The van der Waals surface area contributed by atoms with E-state index in [1.807, 2.05) is 38.1 Å². The van der Waals surface area contributed by atoms with Crippen molar-refractivity contribution in [1.82, 2.24) is 14.8 Å². The van der Waals surface area contributed by atoms with Crippen molar-refractivity contribution in [3.8, 4) is 17.0 Å². The Hall–Kier alpha value is -3.78. The molecule has 1 aliphatic heterocycles. The number of halogens is 1. The molecule has 4 rings (SSSR count). The van der Waals surface area contributed by atoms with Gasteiger partial charge in [-0.3, -0.25) is 9.59 Å². The Balaban J connectivity index is 1.68. The summed E-state index contributed by atoms with van der Waals surface area (Å²) in [5, 5.41) is 9.87. The van der Waals surface area contributed by atoms with Gasteiger partial charge in [0.2, 0.25) is 5.88 Å². The van der Waals surface area contributed by atoms with E-state index in [1.165, 1.54) is 23.1 Å². The monoisotopic (exact) mass is 505 g/mol. The molecule has 3 atom stereocenters. The van der Waals surface area contributed by atoms with Crippen LogP contribution in [0.25, 0.3) is 11.1 Å². The molecule has 2 aromatic carbocycles. The zero-order valence-corrected chi connectivity index (χ0v) is 21.5. The van der Waals surface area contributed by atoms with Gasteiger partial charge in [0.25, 0.3) is 11.8 Å². The number of likely N-dealkylation sites (N-methyl/N-ethyl adjacent to an activating group) is 1. The van der Waals surface area contributed by atoms with Gasteiger partial charge in [-0.25, -0.2) is 9.37 Å². The summed E-state index contributed by atoms with van der Waals surface area (Å²) in [5.74, 6) is -1.10. The van der Waals surface area contributed by atoms with E-state index in [-0.39, 0.29) is 42.3 Å². The van der Waals surface area contributed by atoms with E-state index >= 15 is 0 Å². The van der Waals surface area contributed by atoms with Crippen molar-refractivity contribution in [3.05, 3.63) is 83.3 Å². The quantitative estimate of drug-likeness (QED) is 0.543. The topological polar surface area (TPSA) is 83.0 Å². The summed E-state index contributed by atoms with van der Waals surface area (Å²) >= 11 is 0. The molecule has 0 spiro atoms. The van der Waals surface area contributed by atoms with Gasteiger partial charge in [0.05, 0.1) is 19.2 Å². The average molecular weight is 506 g/mol. The number of aryl methyl sites for hydroxylation is 1. The first-order chi connectivity index (χ1) is 17.7. The molecule has 0 saturated carbocycles. The zero-order chi connectivity index (χ0) is 26.7. The van der Waals surface area contributed by atoms with E-state index in [1.54, 1.807) is 37.2 Å². The number of amides is 2. The van der Waals surface area contributed by atoms with Gasteiger partial charge in [-0.2, -0.15) is 0 Å². The number of hydrogen-bond donors (Lipinski definition) is 1. The summed E-state index contributed by atoms with van der Waals surface area (Å²) in [4.78, 5) is 34.2. The first kappa shape index (κ1) is 26.3. The Bertz CT molecular complexity index is 1280. The summed E-state index contributed by atoms with van der Waals surface area (Å²) in [5.41, 5.74) is 3.36. The second kappa shape index (κ2) is 11.1. The number of ether oxygens (including phenoxy) is 1. The summed E-state index contributed by atoms with van der Waals surface area (Å²) in [6, 6.07) is 14.8. The van der Waals surface area contributed by atoms with Crippen molar-refractivity contribution in [3.63, 3.8) is 0 Å². The Labute approximate surface area is 216 Å². The molecule has 1 aliphatic rings. The third-order valence-electron chi connectivity index (χ3n) is 6.78. The molecule has 37 heavy (non-hydrogen) atoms. The lowest BCUT2D eigenvalue weighted by Crippen LogP contribution is -2.50. The van der Waals surface area contributed by atoms with Gasteiger partial charge in [-0.05, 0) is 43.7 Å². The first-order valence-electron chi connectivity index (χ1n) is 12.3. The Morgan fingerprint density at radius 2 is 1.95 bits per heavy atom. The summed E-state index contributed by atoms with van der Waals surface area (Å²) in [7, 11) is 1.64. The molecule has 1 N–H and O–H groups in total. The van der Waals surface area contributed by atoms with Crippen molar-refractivity contribution >= 4 is 11.8 Å². The molecular weight excluding hydrogens is 473 g/mol. The number of carbonyl (C=O) groups is 2. The molecule has 2 amide bonds. The normalized spacial score (nSPS) is 18.3. The molecule has 194 valence electrons. The highest BCUT2D eigenvalue weighted by molar-refractivity contribution is 5.98. The van der Waals surface area contributed by atoms with Crippen molar-refractivity contribution < 1.29 is 23.8 Å². The minimum Gasteiger partial charge on any atom is -0.472 e. The van der Waals surface area contributed by atoms with Crippen molar-refractivity contribution in [2.45, 2.75) is 32.9 Å². The minimum atomic E-state index is -0.500. The van der Waals surface area contributed by atoms with Gasteiger partial charge in [-0.15, -0.1) is 0 Å². The van der Waals surface area contributed by atoms with Gasteiger partial charge in [0.1, 0.15) is 17.5 Å². The van der Waals surface area contributed by atoms with Gasteiger partial charge in [0, 0.05) is 36.8 Å². The average Bonchev–Trinajstić information content (AvgIpc) is 2.90. The number of fused-ring (bicyclic) bond motifs is 1. The molecule has 8 heteroatoms. The maximum Gasteiger partial charge on any atom is 0.259 e. The fraction of sp³-hybridized carbons (Fsp3) is 0.345. The van der Waals surface area contributed by atoms with Crippen LogP contribution in [0.1, 0.15) is 40.1 Å². The van der Waals surface area contributed by atoms with Crippen LogP contribution in [0.5, 0.6) is 5.88 Å². The molecule has 3 aromatic rings. The fourth-order valence-corrected chi connectivity index (χ4v) is 4.42. The summed E-state index contributed by atoms with van der Waals surface area (Å²) < 4.78 is 20.0. The molecule has 0 aliphatic carbocycles.